The molecule has 0 aliphatic rings. The van der Waals surface area contributed by atoms with Crippen molar-refractivity contribution in [1.82, 2.24) is 0 Å². The van der Waals surface area contributed by atoms with Crippen molar-refractivity contribution in [3.8, 4) is 0 Å². The molecule has 79 heavy (non-hydrogen) atoms. The molecule has 1 atom stereocenters. The highest BCUT2D eigenvalue weighted by atomic mass is 16.6. The van der Waals surface area contributed by atoms with E-state index in [0.29, 0.717) is 19.3 Å². The van der Waals surface area contributed by atoms with Crippen LogP contribution in [-0.4, -0.2) is 37.2 Å². The summed E-state index contributed by atoms with van der Waals surface area (Å²) in [5, 5.41) is 0. The van der Waals surface area contributed by atoms with Crippen LogP contribution in [0.1, 0.15) is 380 Å². The number of rotatable bonds is 65. The summed E-state index contributed by atoms with van der Waals surface area (Å²) in [5.41, 5.74) is 0. The van der Waals surface area contributed by atoms with Gasteiger partial charge in [-0.3, -0.25) is 14.4 Å². The molecule has 0 saturated heterocycles. The van der Waals surface area contributed by atoms with Crippen LogP contribution in [0.4, 0.5) is 0 Å². The number of hydrogen-bond donors (Lipinski definition) is 0. The highest BCUT2D eigenvalue weighted by molar-refractivity contribution is 5.71. The second-order valence-corrected chi connectivity index (χ2v) is 23.8. The summed E-state index contributed by atoms with van der Waals surface area (Å²) in [6.07, 6.45) is 85.6. The highest BCUT2D eigenvalue weighted by Gasteiger charge is 2.19. The van der Waals surface area contributed by atoms with Gasteiger partial charge in [0.15, 0.2) is 6.10 Å². The van der Waals surface area contributed by atoms with E-state index in [1.54, 1.807) is 0 Å². The number of carbonyl (C=O) groups excluding carboxylic acids is 3. The van der Waals surface area contributed by atoms with Gasteiger partial charge >= 0.3 is 17.9 Å². The van der Waals surface area contributed by atoms with Crippen LogP contribution in [0.3, 0.4) is 0 Å². The van der Waals surface area contributed by atoms with Crippen molar-refractivity contribution in [3.63, 3.8) is 0 Å². The van der Waals surface area contributed by atoms with Gasteiger partial charge in [-0.25, -0.2) is 0 Å². The highest BCUT2D eigenvalue weighted by Crippen LogP contribution is 2.18. The third-order valence-corrected chi connectivity index (χ3v) is 15.8. The molecule has 0 aliphatic heterocycles. The second kappa shape index (κ2) is 67.9. The molecule has 6 heteroatoms. The molecule has 462 valence electrons. The van der Waals surface area contributed by atoms with E-state index in [0.717, 1.165) is 83.5 Å². The molecular formula is C73H134O6. The van der Waals surface area contributed by atoms with E-state index in [1.807, 2.05) is 0 Å². The first-order chi connectivity index (χ1) is 39.0. The molecule has 1 unspecified atom stereocenters. The van der Waals surface area contributed by atoms with Crippen molar-refractivity contribution in [2.75, 3.05) is 13.2 Å². The van der Waals surface area contributed by atoms with Crippen molar-refractivity contribution < 1.29 is 28.6 Å². The summed E-state index contributed by atoms with van der Waals surface area (Å²) in [6.45, 7) is 6.67. The first kappa shape index (κ1) is 76.4. The maximum Gasteiger partial charge on any atom is 0.306 e. The Morgan fingerprint density at radius 2 is 0.456 bits per heavy atom. The second-order valence-electron chi connectivity index (χ2n) is 23.8. The quantitative estimate of drug-likeness (QED) is 0.0261. The first-order valence-corrected chi connectivity index (χ1v) is 35.1. The Kier molecular flexibility index (Phi) is 65.6. The Morgan fingerprint density at radius 3 is 0.709 bits per heavy atom. The number of esters is 3. The zero-order valence-electron chi connectivity index (χ0n) is 53.2. The SMILES string of the molecule is CCCCCC/C=C\C/C=C\CCCCCCCC(=O)OCC(COC(=O)CCCCCCCCCCCCCCC/C=C\C/C=C\CCCCCCC)OC(=O)CCCCCCCCCCCCCCCCCCCCCC. The largest absolute Gasteiger partial charge is 0.462 e. The molecule has 0 saturated carbocycles. The lowest BCUT2D eigenvalue weighted by Crippen LogP contribution is -2.30. The van der Waals surface area contributed by atoms with E-state index < -0.39 is 6.10 Å². The van der Waals surface area contributed by atoms with Gasteiger partial charge in [0.25, 0.3) is 0 Å². The van der Waals surface area contributed by atoms with E-state index in [1.165, 1.54) is 257 Å². The predicted octanol–water partition coefficient (Wildman–Crippen LogP) is 24.1. The fourth-order valence-corrected chi connectivity index (χ4v) is 10.5. The Hall–Kier alpha value is -2.63. The molecule has 6 nitrogen and oxygen atoms in total. The van der Waals surface area contributed by atoms with Crippen LogP contribution in [0.5, 0.6) is 0 Å². The fraction of sp³-hybridized carbons (Fsp3) is 0.849. The molecule has 0 aromatic rings. The van der Waals surface area contributed by atoms with Gasteiger partial charge in [-0.1, -0.05) is 326 Å². The van der Waals surface area contributed by atoms with Crippen LogP contribution < -0.4 is 0 Å². The molecule has 0 bridgehead atoms. The minimum absolute atomic E-state index is 0.0737. The molecular weight excluding hydrogens is 973 g/mol. The van der Waals surface area contributed by atoms with Crippen molar-refractivity contribution in [2.24, 2.45) is 0 Å². The van der Waals surface area contributed by atoms with Gasteiger partial charge < -0.3 is 14.2 Å². The molecule has 0 radical (unpaired) electrons. The number of carbonyl (C=O) groups is 3. The van der Waals surface area contributed by atoms with Crippen molar-refractivity contribution >= 4 is 17.9 Å². The molecule has 0 spiro atoms. The van der Waals surface area contributed by atoms with Gasteiger partial charge in [0.2, 0.25) is 0 Å². The summed E-state index contributed by atoms with van der Waals surface area (Å²) in [4.78, 5) is 38.4. The van der Waals surface area contributed by atoms with Crippen LogP contribution in [0, 0.1) is 0 Å². The normalized spacial score (nSPS) is 12.3. The molecule has 0 N–H and O–H groups in total. The van der Waals surface area contributed by atoms with Gasteiger partial charge in [0.05, 0.1) is 0 Å². The summed E-state index contributed by atoms with van der Waals surface area (Å²) in [6, 6.07) is 0. The molecule has 0 heterocycles. The lowest BCUT2D eigenvalue weighted by atomic mass is 10.0. The van der Waals surface area contributed by atoms with E-state index >= 15 is 0 Å². The predicted molar refractivity (Wildman–Crippen MR) is 344 cm³/mol. The molecule has 0 fully saturated rings. The minimum atomic E-state index is -0.778. The number of unbranched alkanes of at least 4 members (excludes halogenated alkanes) is 46. The number of allylic oxidation sites excluding steroid dienone is 8. The summed E-state index contributed by atoms with van der Waals surface area (Å²) in [5.74, 6) is -0.861. The summed E-state index contributed by atoms with van der Waals surface area (Å²) in [7, 11) is 0. The number of hydrogen-bond acceptors (Lipinski definition) is 6. The third-order valence-electron chi connectivity index (χ3n) is 15.8. The van der Waals surface area contributed by atoms with Crippen LogP contribution in [0.25, 0.3) is 0 Å². The lowest BCUT2D eigenvalue weighted by Gasteiger charge is -2.18. The minimum Gasteiger partial charge on any atom is -0.462 e. The van der Waals surface area contributed by atoms with E-state index in [4.69, 9.17) is 14.2 Å². The molecule has 0 aliphatic carbocycles. The van der Waals surface area contributed by atoms with Crippen molar-refractivity contribution in [2.45, 2.75) is 386 Å². The lowest BCUT2D eigenvalue weighted by molar-refractivity contribution is -0.167. The number of ether oxygens (including phenoxy) is 3. The monoisotopic (exact) mass is 1110 g/mol. The van der Waals surface area contributed by atoms with Gasteiger partial charge in [-0.05, 0) is 83.5 Å². The van der Waals surface area contributed by atoms with Crippen molar-refractivity contribution in [1.29, 1.82) is 0 Å². The molecule has 0 amide bonds. The van der Waals surface area contributed by atoms with Gasteiger partial charge in [0, 0.05) is 19.3 Å². The zero-order chi connectivity index (χ0) is 57.1. The van der Waals surface area contributed by atoms with Gasteiger partial charge in [0.1, 0.15) is 13.2 Å². The third kappa shape index (κ3) is 66.1. The Morgan fingerprint density at radius 1 is 0.253 bits per heavy atom. The van der Waals surface area contributed by atoms with Gasteiger partial charge in [-0.15, -0.1) is 0 Å². The zero-order valence-corrected chi connectivity index (χ0v) is 53.2. The van der Waals surface area contributed by atoms with Crippen LogP contribution >= 0.6 is 0 Å². The van der Waals surface area contributed by atoms with Crippen molar-refractivity contribution in [3.05, 3.63) is 48.6 Å². The van der Waals surface area contributed by atoms with E-state index in [2.05, 4.69) is 69.4 Å². The van der Waals surface area contributed by atoms with Crippen LogP contribution in [0.2, 0.25) is 0 Å². The molecule has 0 rings (SSSR count). The average Bonchev–Trinajstić information content (AvgIpc) is 3.45. The Bertz CT molecular complexity index is 1360. The van der Waals surface area contributed by atoms with Crippen LogP contribution in [0.15, 0.2) is 48.6 Å². The maximum atomic E-state index is 13.0. The summed E-state index contributed by atoms with van der Waals surface area (Å²) < 4.78 is 17.0. The average molecular weight is 1110 g/mol. The molecule has 0 aromatic heterocycles. The maximum absolute atomic E-state index is 13.0. The molecule has 0 aromatic carbocycles. The summed E-state index contributed by atoms with van der Waals surface area (Å²) >= 11 is 0. The topological polar surface area (TPSA) is 78.9 Å². The first-order valence-electron chi connectivity index (χ1n) is 35.1. The smallest absolute Gasteiger partial charge is 0.306 e. The van der Waals surface area contributed by atoms with E-state index in [-0.39, 0.29) is 31.1 Å². The van der Waals surface area contributed by atoms with Crippen LogP contribution in [-0.2, 0) is 28.6 Å². The standard InChI is InChI=1S/C73H134O6/c1-4-7-10-13-16-19-22-25-28-31-33-35-36-37-38-39-41-42-45-48-51-54-57-60-63-66-72(75)78-69-70(68-77-71(74)65-62-59-56-53-50-47-44-30-27-24-21-18-15-12-9-6-3)79-73(76)67-64-61-58-55-52-49-46-43-40-34-32-29-26-23-20-17-14-11-8-5-2/h21-22,24-25,30-31,33,44,70H,4-20,23,26-29,32,34-43,45-69H2,1-3H3/b24-21-,25-22-,33-31-,44-30-. The van der Waals surface area contributed by atoms with Gasteiger partial charge in [-0.2, -0.15) is 0 Å². The Balaban J connectivity index is 4.30. The fourth-order valence-electron chi connectivity index (χ4n) is 10.5. The Labute approximate surface area is 492 Å². The van der Waals surface area contributed by atoms with E-state index in [9.17, 15) is 14.4 Å².